The van der Waals surface area contributed by atoms with Crippen molar-refractivity contribution in [2.45, 2.75) is 19.8 Å². The topological polar surface area (TPSA) is 113 Å². The molecule has 0 aliphatic carbocycles. The molecule has 0 saturated heterocycles. The van der Waals surface area contributed by atoms with Crippen LogP contribution in [-0.2, 0) is 17.1 Å². The third-order valence-corrected chi connectivity index (χ3v) is 5.72. The van der Waals surface area contributed by atoms with Crippen LogP contribution < -0.4 is 9.67 Å². The number of hydrogen-bond acceptors (Lipinski definition) is 6. The Balaban J connectivity index is 3.04. The molecule has 1 unspecified atom stereocenters. The Morgan fingerprint density at radius 1 is 1.43 bits per heavy atom. The van der Waals surface area contributed by atoms with Crippen LogP contribution in [0.3, 0.4) is 0 Å². The van der Waals surface area contributed by atoms with Crippen molar-refractivity contribution >= 4 is 48.7 Å². The standard InChI is InChI=1S/C12H16AsNO6S/c1-8(15)14-11-7-9(16)4-5-10(11)13(18,19)20-12(17)3-2-6-21/h4-5,7,16,21H,2-3,6H2,1H3,(H,14,15)(H,18,19). The van der Waals surface area contributed by atoms with Crippen molar-refractivity contribution < 1.29 is 26.3 Å². The Labute approximate surface area is 130 Å². The van der Waals surface area contributed by atoms with Crippen LogP contribution in [0.1, 0.15) is 19.8 Å². The molecule has 1 aromatic carbocycles. The molecule has 0 heterocycles. The number of amides is 1. The average molecular weight is 377 g/mol. The Hall–Kier alpha value is -1.37. The molecule has 1 aromatic rings. The molecule has 0 fully saturated rings. The maximum atomic E-state index is 12.2. The summed E-state index contributed by atoms with van der Waals surface area (Å²) in [6.45, 7) is 1.21. The Bertz CT molecular complexity index is 591. The first-order valence-corrected chi connectivity index (χ1v) is 9.97. The number of aromatic hydroxyl groups is 1. The summed E-state index contributed by atoms with van der Waals surface area (Å²) in [6.07, 6.45) is 0.398. The second kappa shape index (κ2) is 7.58. The number of nitrogens with one attached hydrogen (secondary N) is 1. The van der Waals surface area contributed by atoms with Gasteiger partial charge in [0.1, 0.15) is 0 Å². The predicted molar refractivity (Wildman–Crippen MR) is 79.9 cm³/mol. The van der Waals surface area contributed by atoms with Crippen molar-refractivity contribution in [3.05, 3.63) is 18.2 Å². The van der Waals surface area contributed by atoms with Gasteiger partial charge in [0, 0.05) is 0 Å². The monoisotopic (exact) mass is 377 g/mol. The second-order valence-corrected chi connectivity index (χ2v) is 8.22. The van der Waals surface area contributed by atoms with E-state index in [1.54, 1.807) is 0 Å². The van der Waals surface area contributed by atoms with E-state index >= 15 is 0 Å². The third kappa shape index (κ3) is 5.49. The van der Waals surface area contributed by atoms with Crippen LogP contribution >= 0.6 is 12.6 Å². The van der Waals surface area contributed by atoms with E-state index in [9.17, 15) is 22.5 Å². The molecule has 1 rings (SSSR count). The minimum atomic E-state index is -5.16. The zero-order valence-electron chi connectivity index (χ0n) is 11.3. The summed E-state index contributed by atoms with van der Waals surface area (Å²) in [7, 11) is 0. The number of carbonyl (C=O) groups is 2. The fourth-order valence-electron chi connectivity index (χ4n) is 1.52. The van der Waals surface area contributed by atoms with E-state index in [1.807, 2.05) is 0 Å². The molecule has 21 heavy (non-hydrogen) atoms. The van der Waals surface area contributed by atoms with E-state index in [0.717, 1.165) is 12.1 Å². The van der Waals surface area contributed by atoms with Crippen molar-refractivity contribution in [2.24, 2.45) is 0 Å². The van der Waals surface area contributed by atoms with E-state index in [1.165, 1.54) is 13.0 Å². The second-order valence-electron chi connectivity index (χ2n) is 4.19. The fourth-order valence-corrected chi connectivity index (χ4v) is 4.09. The molecule has 116 valence electrons. The fraction of sp³-hybridized carbons (Fsp3) is 0.333. The van der Waals surface area contributed by atoms with Crippen molar-refractivity contribution in [3.8, 4) is 5.75 Å². The number of phenolic OH excluding ortho intramolecular Hbond substituents is 1. The SMILES string of the molecule is CC(=O)Nc1cc(O)ccc1[As](=O)(O)OC(=O)CCCS. The molecule has 0 spiro atoms. The van der Waals surface area contributed by atoms with Gasteiger partial charge in [0.05, 0.1) is 0 Å². The van der Waals surface area contributed by atoms with Crippen LogP contribution in [-0.4, -0.2) is 41.0 Å². The summed E-state index contributed by atoms with van der Waals surface area (Å²) in [4.78, 5) is 22.6. The molecule has 1 amide bonds. The summed E-state index contributed by atoms with van der Waals surface area (Å²) in [6, 6.07) is 3.43. The first-order valence-electron chi connectivity index (χ1n) is 6.03. The molecule has 9 heteroatoms. The van der Waals surface area contributed by atoms with Crippen LogP contribution in [0.25, 0.3) is 0 Å². The van der Waals surface area contributed by atoms with Gasteiger partial charge in [-0.3, -0.25) is 0 Å². The number of benzene rings is 1. The summed E-state index contributed by atoms with van der Waals surface area (Å²) < 4.78 is 26.6. The molecular weight excluding hydrogens is 361 g/mol. The maximum absolute atomic E-state index is 12.2. The number of hydrogen-bond donors (Lipinski definition) is 4. The number of phenols is 1. The van der Waals surface area contributed by atoms with E-state index in [-0.39, 0.29) is 22.2 Å². The van der Waals surface area contributed by atoms with Gasteiger partial charge in [-0.25, -0.2) is 0 Å². The molecule has 0 bridgehead atoms. The van der Waals surface area contributed by atoms with Crippen LogP contribution in [0.5, 0.6) is 5.75 Å². The average Bonchev–Trinajstić information content (AvgIpc) is 2.34. The summed E-state index contributed by atoms with van der Waals surface area (Å²) in [5, 5.41) is 11.7. The van der Waals surface area contributed by atoms with Crippen molar-refractivity contribution in [1.29, 1.82) is 0 Å². The number of thiol groups is 1. The quantitative estimate of drug-likeness (QED) is 0.415. The van der Waals surface area contributed by atoms with Crippen molar-refractivity contribution in [2.75, 3.05) is 11.1 Å². The minimum absolute atomic E-state index is 0.0249. The van der Waals surface area contributed by atoms with Gasteiger partial charge in [-0.2, -0.15) is 0 Å². The van der Waals surface area contributed by atoms with Gasteiger partial charge in [-0.15, -0.1) is 0 Å². The first kappa shape index (κ1) is 17.7. The van der Waals surface area contributed by atoms with Crippen molar-refractivity contribution in [1.82, 2.24) is 0 Å². The molecule has 0 saturated carbocycles. The molecule has 0 radical (unpaired) electrons. The Morgan fingerprint density at radius 3 is 2.67 bits per heavy atom. The van der Waals surface area contributed by atoms with E-state index in [0.29, 0.717) is 12.2 Å². The Kier molecular flexibility index (Phi) is 6.38. The van der Waals surface area contributed by atoms with Crippen LogP contribution in [0, 0.1) is 0 Å². The number of carbonyl (C=O) groups excluding carboxylic acids is 2. The van der Waals surface area contributed by atoms with Gasteiger partial charge < -0.3 is 0 Å². The van der Waals surface area contributed by atoms with Gasteiger partial charge >= 0.3 is 130 Å². The summed E-state index contributed by atoms with van der Waals surface area (Å²) >= 11 is -1.23. The molecule has 0 aliphatic rings. The molecule has 3 N–H and O–H groups in total. The van der Waals surface area contributed by atoms with E-state index in [2.05, 4.69) is 21.7 Å². The normalized spacial score (nSPS) is 13.3. The van der Waals surface area contributed by atoms with Gasteiger partial charge in [0.15, 0.2) is 0 Å². The molecule has 0 aliphatic heterocycles. The molecule has 1 atom stereocenters. The number of rotatable bonds is 6. The van der Waals surface area contributed by atoms with Crippen molar-refractivity contribution in [3.63, 3.8) is 0 Å². The predicted octanol–water partition coefficient (Wildman–Crippen LogP) is 0.172. The molecule has 7 nitrogen and oxygen atoms in total. The van der Waals surface area contributed by atoms with Gasteiger partial charge in [0.2, 0.25) is 0 Å². The van der Waals surface area contributed by atoms with Crippen LogP contribution in [0.2, 0.25) is 0 Å². The van der Waals surface area contributed by atoms with Crippen LogP contribution in [0.4, 0.5) is 5.69 Å². The summed E-state index contributed by atoms with van der Waals surface area (Å²) in [5.74, 6) is -1.04. The number of anilines is 1. The first-order chi connectivity index (χ1) is 9.76. The van der Waals surface area contributed by atoms with Gasteiger partial charge in [-0.1, -0.05) is 0 Å². The van der Waals surface area contributed by atoms with Gasteiger partial charge in [0.25, 0.3) is 0 Å². The third-order valence-electron chi connectivity index (χ3n) is 2.36. The van der Waals surface area contributed by atoms with E-state index in [4.69, 9.17) is 0 Å². The molecular formula is C12H16AsNO6S. The van der Waals surface area contributed by atoms with Crippen LogP contribution in [0.15, 0.2) is 18.2 Å². The Morgan fingerprint density at radius 2 is 2.10 bits per heavy atom. The zero-order valence-corrected chi connectivity index (χ0v) is 14.0. The molecule has 0 aromatic heterocycles. The van der Waals surface area contributed by atoms with E-state index < -0.39 is 26.0 Å². The zero-order chi connectivity index (χ0) is 16.0. The summed E-state index contributed by atoms with van der Waals surface area (Å²) in [5.41, 5.74) is -0.0607. The van der Waals surface area contributed by atoms with Gasteiger partial charge in [-0.05, 0) is 0 Å².